The van der Waals surface area contributed by atoms with E-state index in [0.717, 1.165) is 22.6 Å². The molecule has 0 aliphatic carbocycles. The van der Waals surface area contributed by atoms with E-state index in [0.29, 0.717) is 0 Å². The van der Waals surface area contributed by atoms with Crippen LogP contribution < -0.4 is 9.47 Å². The highest BCUT2D eigenvalue weighted by Gasteiger charge is 2.06. The van der Waals surface area contributed by atoms with Gasteiger partial charge in [-0.15, -0.1) is 0 Å². The van der Waals surface area contributed by atoms with Crippen molar-refractivity contribution in [2.75, 3.05) is 20.5 Å². The zero-order chi connectivity index (χ0) is 14.8. The fraction of sp³-hybridized carbons (Fsp3) is 0.533. The third-order valence-electron chi connectivity index (χ3n) is 2.26. The molecule has 0 radical (unpaired) electrons. The summed E-state index contributed by atoms with van der Waals surface area (Å²) >= 11 is 0. The predicted octanol–water partition coefficient (Wildman–Crippen LogP) is 3.28. The highest BCUT2D eigenvalue weighted by Crippen LogP contribution is 2.28. The zero-order valence-corrected chi connectivity index (χ0v) is 12.7. The lowest BCUT2D eigenvalue weighted by Gasteiger charge is -2.13. The van der Waals surface area contributed by atoms with Gasteiger partial charge in [-0.1, -0.05) is 13.8 Å². The van der Waals surface area contributed by atoms with Gasteiger partial charge in [0.05, 0.1) is 7.11 Å². The van der Waals surface area contributed by atoms with Crippen molar-refractivity contribution in [3.8, 4) is 11.5 Å². The van der Waals surface area contributed by atoms with Crippen molar-refractivity contribution in [2.24, 2.45) is 0 Å². The van der Waals surface area contributed by atoms with Gasteiger partial charge in [0.1, 0.15) is 18.1 Å². The Morgan fingerprint density at radius 2 is 1.68 bits per heavy atom. The minimum atomic E-state index is -0.0169. The van der Waals surface area contributed by atoms with E-state index < -0.39 is 0 Å². The Kier molecular flexibility index (Phi) is 8.62. The van der Waals surface area contributed by atoms with E-state index in [4.69, 9.17) is 14.2 Å². The van der Waals surface area contributed by atoms with Crippen LogP contribution in [0.2, 0.25) is 0 Å². The van der Waals surface area contributed by atoms with E-state index in [9.17, 15) is 4.79 Å². The van der Waals surface area contributed by atoms with Crippen molar-refractivity contribution < 1.29 is 19.0 Å². The van der Waals surface area contributed by atoms with Gasteiger partial charge in [-0.3, -0.25) is 4.79 Å². The maximum Gasteiger partial charge on any atom is 0.189 e. The standard InChI is InChI=1S/C13H18O4.C2H6/c1-9-5-12(15-4)6-10(2)13(9)17-8-16-7-11(3)14;1-2/h5-6H,7-8H2,1-4H3;1-2H3. The van der Waals surface area contributed by atoms with E-state index in [-0.39, 0.29) is 19.2 Å². The van der Waals surface area contributed by atoms with Crippen molar-refractivity contribution in [3.63, 3.8) is 0 Å². The van der Waals surface area contributed by atoms with Gasteiger partial charge in [-0.2, -0.15) is 0 Å². The van der Waals surface area contributed by atoms with Crippen LogP contribution in [0.3, 0.4) is 0 Å². The molecule has 1 aromatic rings. The van der Waals surface area contributed by atoms with Gasteiger partial charge >= 0.3 is 0 Å². The number of benzene rings is 1. The molecule has 0 aromatic heterocycles. The van der Waals surface area contributed by atoms with E-state index in [2.05, 4.69) is 0 Å². The number of hydrogen-bond donors (Lipinski definition) is 0. The minimum Gasteiger partial charge on any atom is -0.497 e. The molecule has 4 heteroatoms. The Hall–Kier alpha value is -1.55. The Morgan fingerprint density at radius 1 is 1.16 bits per heavy atom. The van der Waals surface area contributed by atoms with Crippen LogP contribution in [0.1, 0.15) is 31.9 Å². The highest BCUT2D eigenvalue weighted by atomic mass is 16.7. The molecule has 1 rings (SSSR count). The summed E-state index contributed by atoms with van der Waals surface area (Å²) in [5, 5.41) is 0. The van der Waals surface area contributed by atoms with Gasteiger partial charge in [0.25, 0.3) is 0 Å². The predicted molar refractivity (Wildman–Crippen MR) is 75.9 cm³/mol. The third kappa shape index (κ3) is 6.25. The van der Waals surface area contributed by atoms with Crippen LogP contribution >= 0.6 is 0 Å². The summed E-state index contributed by atoms with van der Waals surface area (Å²) < 4.78 is 15.7. The van der Waals surface area contributed by atoms with Crippen molar-refractivity contribution in [1.82, 2.24) is 0 Å². The molecule has 0 bridgehead atoms. The maximum absolute atomic E-state index is 10.7. The number of ketones is 1. The van der Waals surface area contributed by atoms with Crippen LogP contribution in [0.15, 0.2) is 12.1 Å². The molecular formula is C15H24O4. The van der Waals surface area contributed by atoms with Crippen LogP contribution in [-0.4, -0.2) is 26.3 Å². The first kappa shape index (κ1) is 17.4. The maximum atomic E-state index is 10.7. The molecule has 0 saturated heterocycles. The average molecular weight is 268 g/mol. The number of hydrogen-bond acceptors (Lipinski definition) is 4. The number of Topliss-reactive ketones (excluding diaryl/α,β-unsaturated/α-hetero) is 1. The first-order chi connectivity index (χ1) is 9.04. The monoisotopic (exact) mass is 268 g/mol. The summed E-state index contributed by atoms with van der Waals surface area (Å²) in [5.41, 5.74) is 1.96. The van der Waals surface area contributed by atoms with Crippen molar-refractivity contribution in [3.05, 3.63) is 23.3 Å². The molecule has 0 spiro atoms. The second kappa shape index (κ2) is 9.39. The summed E-state index contributed by atoms with van der Waals surface area (Å²) in [6.07, 6.45) is 0. The molecule has 0 fully saturated rings. The van der Waals surface area contributed by atoms with Gasteiger partial charge in [0, 0.05) is 0 Å². The largest absolute Gasteiger partial charge is 0.497 e. The topological polar surface area (TPSA) is 44.8 Å². The Morgan fingerprint density at radius 3 is 2.11 bits per heavy atom. The van der Waals surface area contributed by atoms with Gasteiger partial charge in [0.2, 0.25) is 0 Å². The molecule has 108 valence electrons. The van der Waals surface area contributed by atoms with Crippen molar-refractivity contribution in [2.45, 2.75) is 34.6 Å². The van der Waals surface area contributed by atoms with Crippen LogP contribution in [0.25, 0.3) is 0 Å². The van der Waals surface area contributed by atoms with E-state index in [1.807, 2.05) is 39.8 Å². The molecule has 0 atom stereocenters. The second-order valence-corrected chi connectivity index (χ2v) is 3.90. The number of carbonyl (C=O) groups is 1. The lowest BCUT2D eigenvalue weighted by molar-refractivity contribution is -0.124. The summed E-state index contributed by atoms with van der Waals surface area (Å²) in [6, 6.07) is 3.79. The smallest absolute Gasteiger partial charge is 0.189 e. The normalized spacial score (nSPS) is 9.37. The van der Waals surface area contributed by atoms with E-state index in [1.54, 1.807) is 7.11 Å². The van der Waals surface area contributed by atoms with Gasteiger partial charge in [-0.25, -0.2) is 0 Å². The third-order valence-corrected chi connectivity index (χ3v) is 2.26. The molecule has 0 saturated carbocycles. The SMILES string of the molecule is CC.COc1cc(C)c(OCOCC(C)=O)c(C)c1. The average Bonchev–Trinajstić information content (AvgIpc) is 2.38. The lowest BCUT2D eigenvalue weighted by Crippen LogP contribution is -2.10. The molecule has 0 aliphatic rings. The summed E-state index contributed by atoms with van der Waals surface area (Å²) in [6.45, 7) is 9.51. The van der Waals surface area contributed by atoms with Crippen molar-refractivity contribution in [1.29, 1.82) is 0 Å². The Bertz CT molecular complexity index is 376. The minimum absolute atomic E-state index is 0.0169. The Balaban J connectivity index is 0.00000154. The lowest BCUT2D eigenvalue weighted by atomic mass is 10.1. The number of rotatable bonds is 6. The first-order valence-electron chi connectivity index (χ1n) is 6.39. The van der Waals surface area contributed by atoms with Crippen molar-refractivity contribution >= 4 is 5.78 Å². The molecule has 0 N–H and O–H groups in total. The summed E-state index contributed by atoms with van der Waals surface area (Å²) in [5.74, 6) is 1.56. The molecule has 19 heavy (non-hydrogen) atoms. The summed E-state index contributed by atoms with van der Waals surface area (Å²) in [7, 11) is 1.63. The van der Waals surface area contributed by atoms with Crippen LogP contribution in [0, 0.1) is 13.8 Å². The molecule has 0 amide bonds. The zero-order valence-electron chi connectivity index (χ0n) is 12.7. The van der Waals surface area contributed by atoms with E-state index in [1.165, 1.54) is 6.92 Å². The molecule has 4 nitrogen and oxygen atoms in total. The molecule has 0 heterocycles. The van der Waals surface area contributed by atoms with Gasteiger partial charge in [-0.05, 0) is 44.0 Å². The molecule has 0 unspecified atom stereocenters. The molecular weight excluding hydrogens is 244 g/mol. The fourth-order valence-electron chi connectivity index (χ4n) is 1.54. The van der Waals surface area contributed by atoms with Gasteiger partial charge < -0.3 is 14.2 Å². The molecule has 0 aliphatic heterocycles. The van der Waals surface area contributed by atoms with E-state index >= 15 is 0 Å². The number of carbonyl (C=O) groups excluding carboxylic acids is 1. The highest BCUT2D eigenvalue weighted by molar-refractivity contribution is 5.76. The number of aryl methyl sites for hydroxylation is 2. The first-order valence-corrected chi connectivity index (χ1v) is 6.39. The number of ether oxygens (including phenoxy) is 3. The summed E-state index contributed by atoms with van der Waals surface area (Å²) in [4.78, 5) is 10.7. The van der Waals surface area contributed by atoms with Crippen LogP contribution in [0.4, 0.5) is 0 Å². The molecule has 1 aromatic carbocycles. The van der Waals surface area contributed by atoms with Crippen LogP contribution in [-0.2, 0) is 9.53 Å². The fourth-order valence-corrected chi connectivity index (χ4v) is 1.54. The quantitative estimate of drug-likeness (QED) is 0.586. The number of methoxy groups -OCH3 is 1. The second-order valence-electron chi connectivity index (χ2n) is 3.90. The van der Waals surface area contributed by atoms with Crippen LogP contribution in [0.5, 0.6) is 11.5 Å². The van der Waals surface area contributed by atoms with Gasteiger partial charge in [0.15, 0.2) is 12.6 Å². The Labute approximate surface area is 115 Å².